The van der Waals surface area contributed by atoms with Crippen molar-refractivity contribution in [2.45, 2.75) is 82.1 Å². The third-order valence-electron chi connectivity index (χ3n) is 6.15. The lowest BCUT2D eigenvalue weighted by atomic mass is 9.85. The van der Waals surface area contributed by atoms with Gasteiger partial charge in [-0.2, -0.15) is 8.42 Å². The predicted octanol–water partition coefficient (Wildman–Crippen LogP) is 3.29. The monoisotopic (exact) mass is 574 g/mol. The van der Waals surface area contributed by atoms with E-state index in [1.165, 1.54) is 12.1 Å². The van der Waals surface area contributed by atoms with E-state index in [1.807, 2.05) is 0 Å². The normalized spacial score (nSPS) is 22.1. The van der Waals surface area contributed by atoms with Crippen molar-refractivity contribution in [3.8, 4) is 0 Å². The molecular formula is C23H31BrN2O8S. The first-order chi connectivity index (χ1) is 16.3. The highest BCUT2D eigenvalue weighted by atomic mass is 79.9. The summed E-state index contributed by atoms with van der Waals surface area (Å²) in [6, 6.07) is 3.43. The minimum atomic E-state index is -4.18. The molecule has 0 aromatic heterocycles. The van der Waals surface area contributed by atoms with Crippen LogP contribution in [0.1, 0.15) is 52.9 Å². The zero-order valence-electron chi connectivity index (χ0n) is 19.9. The zero-order valence-corrected chi connectivity index (χ0v) is 22.3. The maximum atomic E-state index is 13.5. The number of alkyl carbamates (subject to hydrolysis) is 1. The van der Waals surface area contributed by atoms with E-state index < -0.39 is 51.7 Å². The van der Waals surface area contributed by atoms with Crippen LogP contribution in [0.15, 0.2) is 33.6 Å². The summed E-state index contributed by atoms with van der Waals surface area (Å²) < 4.78 is 36.8. The van der Waals surface area contributed by atoms with Gasteiger partial charge in [0.25, 0.3) is 10.1 Å². The van der Waals surface area contributed by atoms with Crippen LogP contribution in [-0.4, -0.2) is 67.2 Å². The number of likely N-dealkylation sites (tertiary alicyclic amines) is 1. The second kappa shape index (κ2) is 10.8. The van der Waals surface area contributed by atoms with E-state index in [2.05, 4.69) is 21.2 Å². The summed E-state index contributed by atoms with van der Waals surface area (Å²) in [4.78, 5) is 38.9. The van der Waals surface area contributed by atoms with Crippen molar-refractivity contribution >= 4 is 44.0 Å². The number of benzene rings is 1. The molecule has 2 N–H and O–H groups in total. The van der Waals surface area contributed by atoms with Crippen molar-refractivity contribution in [2.24, 2.45) is 5.41 Å². The van der Waals surface area contributed by atoms with Crippen LogP contribution in [0.4, 0.5) is 4.79 Å². The van der Waals surface area contributed by atoms with Crippen LogP contribution in [-0.2, 0) is 28.6 Å². The fraction of sp³-hybridized carbons (Fsp3) is 0.609. The van der Waals surface area contributed by atoms with Crippen LogP contribution >= 0.6 is 15.9 Å². The molecule has 2 amide bonds. The number of amides is 2. The highest BCUT2D eigenvalue weighted by Gasteiger charge is 2.46. The van der Waals surface area contributed by atoms with Gasteiger partial charge in [0.15, 0.2) is 0 Å². The van der Waals surface area contributed by atoms with Gasteiger partial charge in [-0.15, -0.1) is 0 Å². The average Bonchev–Trinajstić information content (AvgIpc) is 3.40. The SMILES string of the molecule is CC(C)(C)[C@H](NC(=O)OC1CCCC1)C(=O)N1C[C@@H](OS(=O)(=O)c2ccc(Br)cc2)C[C@H]1C(=O)O. The number of carbonyl (C=O) groups is 3. The van der Waals surface area contributed by atoms with E-state index in [-0.39, 0.29) is 24.0 Å². The van der Waals surface area contributed by atoms with E-state index >= 15 is 0 Å². The molecule has 1 saturated heterocycles. The van der Waals surface area contributed by atoms with Gasteiger partial charge >= 0.3 is 12.1 Å². The van der Waals surface area contributed by atoms with Gasteiger partial charge in [0.1, 0.15) is 18.2 Å². The van der Waals surface area contributed by atoms with Gasteiger partial charge in [-0.05, 0) is 55.4 Å². The number of rotatable bonds is 7. The Bertz CT molecular complexity index is 1050. The van der Waals surface area contributed by atoms with E-state index in [4.69, 9.17) is 8.92 Å². The summed E-state index contributed by atoms with van der Waals surface area (Å²) in [7, 11) is -4.18. The Kier molecular flexibility index (Phi) is 8.48. The maximum absolute atomic E-state index is 13.5. The Morgan fingerprint density at radius 3 is 2.26 bits per heavy atom. The van der Waals surface area contributed by atoms with Gasteiger partial charge in [0.05, 0.1) is 11.0 Å². The summed E-state index contributed by atoms with van der Waals surface area (Å²) in [5.74, 6) is -1.92. The highest BCUT2D eigenvalue weighted by molar-refractivity contribution is 9.10. The Hall–Kier alpha value is -2.18. The number of carbonyl (C=O) groups excluding carboxylic acids is 2. The summed E-state index contributed by atoms with van der Waals surface area (Å²) in [5.41, 5.74) is -0.767. The van der Waals surface area contributed by atoms with Gasteiger partial charge in [-0.25, -0.2) is 9.59 Å². The number of hydrogen-bond acceptors (Lipinski definition) is 7. The summed E-state index contributed by atoms with van der Waals surface area (Å²) in [6.45, 7) is 4.97. The van der Waals surface area contributed by atoms with E-state index in [9.17, 15) is 27.9 Å². The molecule has 10 nitrogen and oxygen atoms in total. The second-order valence-corrected chi connectivity index (χ2v) is 12.4. The largest absolute Gasteiger partial charge is 0.480 e. The first kappa shape index (κ1) is 27.4. The molecule has 194 valence electrons. The molecule has 0 unspecified atom stereocenters. The van der Waals surface area contributed by atoms with Crippen LogP contribution in [0.25, 0.3) is 0 Å². The molecule has 3 rings (SSSR count). The summed E-state index contributed by atoms with van der Waals surface area (Å²) >= 11 is 3.23. The molecule has 1 aliphatic carbocycles. The molecule has 1 saturated carbocycles. The maximum Gasteiger partial charge on any atom is 0.408 e. The van der Waals surface area contributed by atoms with Crippen molar-refractivity contribution in [2.75, 3.05) is 6.54 Å². The van der Waals surface area contributed by atoms with Crippen LogP contribution in [0.5, 0.6) is 0 Å². The minimum absolute atomic E-state index is 0.0822. The second-order valence-electron chi connectivity index (χ2n) is 9.96. The lowest BCUT2D eigenvalue weighted by Crippen LogP contribution is -2.57. The minimum Gasteiger partial charge on any atom is -0.480 e. The molecule has 0 bridgehead atoms. The molecule has 1 aromatic carbocycles. The third kappa shape index (κ3) is 6.95. The number of carboxylic acids is 1. The molecule has 1 aliphatic heterocycles. The van der Waals surface area contributed by atoms with Crippen LogP contribution in [0.3, 0.4) is 0 Å². The molecule has 1 heterocycles. The first-order valence-electron chi connectivity index (χ1n) is 11.5. The van der Waals surface area contributed by atoms with Gasteiger partial charge in [-0.3, -0.25) is 8.98 Å². The first-order valence-corrected chi connectivity index (χ1v) is 13.7. The molecule has 35 heavy (non-hydrogen) atoms. The molecular weight excluding hydrogens is 544 g/mol. The molecule has 0 radical (unpaired) electrons. The topological polar surface area (TPSA) is 139 Å². The summed E-state index contributed by atoms with van der Waals surface area (Å²) in [5, 5.41) is 12.3. The summed E-state index contributed by atoms with van der Waals surface area (Å²) in [6.07, 6.45) is 1.27. The number of aliphatic carboxylic acids is 1. The third-order valence-corrected chi connectivity index (χ3v) is 8.05. The average molecular weight is 575 g/mol. The van der Waals surface area contributed by atoms with Crippen LogP contribution < -0.4 is 5.32 Å². The van der Waals surface area contributed by atoms with Crippen molar-refractivity contribution in [3.63, 3.8) is 0 Å². The standard InChI is InChI=1S/C23H31BrN2O8S/c1-23(2,3)19(25-22(30)33-15-6-4-5-7-15)20(27)26-13-16(12-18(26)21(28)29)34-35(31,32)17-10-8-14(24)9-11-17/h8-11,15-16,18-19H,4-7,12-13H2,1-3H3,(H,25,30)(H,28,29)/t16-,18-,19+/m0/s1. The van der Waals surface area contributed by atoms with E-state index in [0.29, 0.717) is 4.47 Å². The van der Waals surface area contributed by atoms with Crippen molar-refractivity contribution in [1.29, 1.82) is 0 Å². The molecule has 1 aromatic rings. The number of nitrogens with zero attached hydrogens (tertiary/aromatic N) is 1. The number of carboxylic acid groups (broad SMARTS) is 1. The molecule has 12 heteroatoms. The fourth-order valence-electron chi connectivity index (χ4n) is 4.30. The van der Waals surface area contributed by atoms with Gasteiger partial charge in [0, 0.05) is 17.4 Å². The predicted molar refractivity (Wildman–Crippen MR) is 129 cm³/mol. The van der Waals surface area contributed by atoms with Crippen molar-refractivity contribution in [3.05, 3.63) is 28.7 Å². The number of ether oxygens (including phenoxy) is 1. The van der Waals surface area contributed by atoms with Gasteiger partial charge < -0.3 is 20.1 Å². The van der Waals surface area contributed by atoms with Gasteiger partial charge in [-0.1, -0.05) is 36.7 Å². The Morgan fingerprint density at radius 2 is 1.71 bits per heavy atom. The lowest BCUT2D eigenvalue weighted by molar-refractivity contribution is -0.150. The highest BCUT2D eigenvalue weighted by Crippen LogP contribution is 2.29. The quantitative estimate of drug-likeness (QED) is 0.473. The van der Waals surface area contributed by atoms with Crippen LogP contribution in [0, 0.1) is 5.41 Å². The van der Waals surface area contributed by atoms with E-state index in [0.717, 1.165) is 30.6 Å². The molecule has 3 atom stereocenters. The molecule has 0 spiro atoms. The van der Waals surface area contributed by atoms with Gasteiger partial charge in [0.2, 0.25) is 5.91 Å². The Morgan fingerprint density at radius 1 is 1.11 bits per heavy atom. The molecule has 2 fully saturated rings. The smallest absolute Gasteiger partial charge is 0.408 e. The van der Waals surface area contributed by atoms with Crippen molar-refractivity contribution < 1.29 is 36.8 Å². The zero-order chi connectivity index (χ0) is 26.0. The van der Waals surface area contributed by atoms with Crippen molar-refractivity contribution in [1.82, 2.24) is 10.2 Å². The lowest BCUT2D eigenvalue weighted by Gasteiger charge is -2.34. The molecule has 2 aliphatic rings. The fourth-order valence-corrected chi connectivity index (χ4v) is 5.65. The van der Waals surface area contributed by atoms with E-state index in [1.54, 1.807) is 32.9 Å². The Balaban J connectivity index is 1.75. The number of hydrogen-bond donors (Lipinski definition) is 2. The number of nitrogens with one attached hydrogen (secondary N) is 1. The van der Waals surface area contributed by atoms with Crippen LogP contribution in [0.2, 0.25) is 0 Å². The Labute approximate surface area is 213 Å². The number of halogens is 1.